The van der Waals surface area contributed by atoms with Crippen LogP contribution in [0.3, 0.4) is 0 Å². The van der Waals surface area contributed by atoms with E-state index in [0.717, 1.165) is 16.7 Å². The van der Waals surface area contributed by atoms with E-state index in [4.69, 9.17) is 0 Å². The van der Waals surface area contributed by atoms with Gasteiger partial charge in [0.05, 0.1) is 5.56 Å². The number of alkyl halides is 3. The number of nitrogens with zero attached hydrogens (tertiary/aromatic N) is 1. The van der Waals surface area contributed by atoms with Crippen LogP contribution in [-0.2, 0) is 6.18 Å². The topological polar surface area (TPSA) is 75.1 Å². The predicted molar refractivity (Wildman–Crippen MR) is 88.5 cm³/mol. The van der Waals surface area contributed by atoms with Gasteiger partial charge in [-0.25, -0.2) is 4.79 Å². The van der Waals surface area contributed by atoms with E-state index in [0.29, 0.717) is 16.8 Å². The van der Waals surface area contributed by atoms with Crippen LogP contribution in [0, 0.1) is 6.92 Å². The van der Waals surface area contributed by atoms with Crippen LogP contribution in [0.25, 0.3) is 16.8 Å². The monoisotopic (exact) mass is 362 g/mol. The van der Waals surface area contributed by atoms with Crippen LogP contribution in [0.4, 0.5) is 13.2 Å². The van der Waals surface area contributed by atoms with Crippen molar-refractivity contribution in [2.45, 2.75) is 13.1 Å². The summed E-state index contributed by atoms with van der Waals surface area (Å²) >= 11 is 0. The molecule has 0 aliphatic carbocycles. The molecule has 0 saturated heterocycles. The fraction of sp³-hybridized carbons (Fsp3) is 0.111. The van der Waals surface area contributed by atoms with E-state index in [-0.39, 0.29) is 5.69 Å². The van der Waals surface area contributed by atoms with Crippen molar-refractivity contribution in [3.8, 4) is 16.8 Å². The highest BCUT2D eigenvalue weighted by molar-refractivity contribution is 5.89. The van der Waals surface area contributed by atoms with Crippen LogP contribution in [0.1, 0.15) is 21.6 Å². The summed E-state index contributed by atoms with van der Waals surface area (Å²) in [4.78, 5) is 26.9. The highest BCUT2D eigenvalue weighted by Crippen LogP contribution is 2.31. The maximum absolute atomic E-state index is 13.0. The summed E-state index contributed by atoms with van der Waals surface area (Å²) in [7, 11) is 0. The van der Waals surface area contributed by atoms with Crippen LogP contribution in [-0.4, -0.2) is 20.6 Å². The first kappa shape index (κ1) is 17.5. The van der Waals surface area contributed by atoms with E-state index in [1.165, 1.54) is 18.2 Å². The average molecular weight is 362 g/mol. The Morgan fingerprint density at radius 1 is 1.19 bits per heavy atom. The molecule has 1 aromatic carbocycles. The van der Waals surface area contributed by atoms with Crippen LogP contribution in [0.5, 0.6) is 0 Å². The molecular weight excluding hydrogens is 349 g/mol. The van der Waals surface area contributed by atoms with Gasteiger partial charge in [0.1, 0.15) is 5.56 Å². The maximum atomic E-state index is 13.0. The Balaban J connectivity index is 2.34. The van der Waals surface area contributed by atoms with E-state index in [1.54, 1.807) is 25.4 Å². The number of rotatable bonds is 3. The number of aromatic amines is 1. The zero-order valence-corrected chi connectivity index (χ0v) is 13.5. The van der Waals surface area contributed by atoms with Crippen molar-refractivity contribution in [1.82, 2.24) is 9.55 Å². The lowest BCUT2D eigenvalue weighted by molar-refractivity contribution is -0.137. The minimum Gasteiger partial charge on any atom is -0.477 e. The standard InChI is InChI=1S/C18H13F3N2O3/c1-10-14(11-5-6-22-9-11)8-15(17(25)26)16(24)23(10)13-4-2-3-12(7-13)18(19,20)21/h2-9,22H,1H3,(H,25,26). The van der Waals surface area contributed by atoms with Crippen LogP contribution in [0.15, 0.2) is 53.6 Å². The molecule has 134 valence electrons. The first-order valence-corrected chi connectivity index (χ1v) is 7.51. The highest BCUT2D eigenvalue weighted by atomic mass is 19.4. The molecule has 2 heterocycles. The Labute approximate surface area is 145 Å². The van der Waals surface area contributed by atoms with Gasteiger partial charge in [-0.2, -0.15) is 13.2 Å². The van der Waals surface area contributed by atoms with Crippen molar-refractivity contribution in [1.29, 1.82) is 0 Å². The number of benzene rings is 1. The third-order valence-electron chi connectivity index (χ3n) is 4.02. The van der Waals surface area contributed by atoms with E-state index < -0.39 is 28.8 Å². The Hall–Kier alpha value is -3.29. The summed E-state index contributed by atoms with van der Waals surface area (Å²) in [6.07, 6.45) is -1.36. The van der Waals surface area contributed by atoms with E-state index in [1.807, 2.05) is 0 Å². The SMILES string of the molecule is Cc1c(-c2cc[nH]c2)cc(C(=O)O)c(=O)n1-c1cccc(C(F)(F)F)c1. The fourth-order valence-corrected chi connectivity index (χ4v) is 2.77. The van der Waals surface area contributed by atoms with E-state index in [2.05, 4.69) is 4.98 Å². The molecule has 0 radical (unpaired) electrons. The van der Waals surface area contributed by atoms with Crippen LogP contribution < -0.4 is 5.56 Å². The summed E-state index contributed by atoms with van der Waals surface area (Å²) in [6, 6.07) is 7.12. The summed E-state index contributed by atoms with van der Waals surface area (Å²) < 4.78 is 40.0. The molecule has 0 amide bonds. The molecule has 3 rings (SSSR count). The number of carboxylic acid groups (broad SMARTS) is 1. The molecule has 3 aromatic rings. The highest BCUT2D eigenvalue weighted by Gasteiger charge is 2.31. The van der Waals surface area contributed by atoms with Crippen molar-refractivity contribution in [2.75, 3.05) is 0 Å². The lowest BCUT2D eigenvalue weighted by Crippen LogP contribution is -2.27. The van der Waals surface area contributed by atoms with Gasteiger partial charge in [0.15, 0.2) is 0 Å². The number of H-pyrrole nitrogens is 1. The van der Waals surface area contributed by atoms with Crippen molar-refractivity contribution in [3.05, 3.63) is 76.0 Å². The number of aromatic nitrogens is 2. The number of carbonyl (C=O) groups is 1. The summed E-state index contributed by atoms with van der Waals surface area (Å²) in [6.45, 7) is 1.55. The minimum absolute atomic E-state index is 0.0535. The molecule has 0 spiro atoms. The number of halogens is 3. The molecular formula is C18H13F3N2O3. The molecule has 0 atom stereocenters. The Kier molecular flexibility index (Phi) is 4.19. The molecule has 8 heteroatoms. The first-order valence-electron chi connectivity index (χ1n) is 7.51. The molecule has 2 N–H and O–H groups in total. The number of pyridine rings is 1. The third-order valence-corrected chi connectivity index (χ3v) is 4.02. The molecule has 0 aliphatic rings. The van der Waals surface area contributed by atoms with Crippen molar-refractivity contribution < 1.29 is 23.1 Å². The number of carboxylic acids is 1. The molecule has 0 aliphatic heterocycles. The molecule has 5 nitrogen and oxygen atoms in total. The smallest absolute Gasteiger partial charge is 0.416 e. The largest absolute Gasteiger partial charge is 0.477 e. The maximum Gasteiger partial charge on any atom is 0.416 e. The van der Waals surface area contributed by atoms with Gasteiger partial charge in [0.2, 0.25) is 0 Å². The molecule has 0 saturated carbocycles. The first-order chi connectivity index (χ1) is 12.2. The van der Waals surface area contributed by atoms with Gasteiger partial charge in [-0.05, 0) is 37.3 Å². The average Bonchev–Trinajstić information content (AvgIpc) is 3.08. The molecule has 2 aromatic heterocycles. The Morgan fingerprint density at radius 3 is 2.50 bits per heavy atom. The van der Waals surface area contributed by atoms with Crippen molar-refractivity contribution in [2.24, 2.45) is 0 Å². The summed E-state index contributed by atoms with van der Waals surface area (Å²) in [5.41, 5.74) is -1.02. The fourth-order valence-electron chi connectivity index (χ4n) is 2.77. The van der Waals surface area contributed by atoms with Gasteiger partial charge in [0.25, 0.3) is 5.56 Å². The minimum atomic E-state index is -4.58. The quantitative estimate of drug-likeness (QED) is 0.743. The molecule has 0 bridgehead atoms. The second kappa shape index (κ2) is 6.21. The Morgan fingerprint density at radius 2 is 1.92 bits per heavy atom. The summed E-state index contributed by atoms with van der Waals surface area (Å²) in [5, 5.41) is 9.33. The summed E-state index contributed by atoms with van der Waals surface area (Å²) in [5.74, 6) is -1.45. The van der Waals surface area contributed by atoms with E-state index in [9.17, 15) is 27.9 Å². The lowest BCUT2D eigenvalue weighted by atomic mass is 10.0. The van der Waals surface area contributed by atoms with E-state index >= 15 is 0 Å². The second-order valence-electron chi connectivity index (χ2n) is 5.65. The zero-order chi connectivity index (χ0) is 19.1. The molecule has 26 heavy (non-hydrogen) atoms. The van der Waals surface area contributed by atoms with Gasteiger partial charge < -0.3 is 10.1 Å². The van der Waals surface area contributed by atoms with Crippen LogP contribution >= 0.6 is 0 Å². The van der Waals surface area contributed by atoms with Crippen LogP contribution in [0.2, 0.25) is 0 Å². The molecule has 0 fully saturated rings. The van der Waals surface area contributed by atoms with Crippen molar-refractivity contribution >= 4 is 5.97 Å². The second-order valence-corrected chi connectivity index (χ2v) is 5.65. The zero-order valence-electron chi connectivity index (χ0n) is 13.5. The number of nitrogens with one attached hydrogen (secondary N) is 1. The third kappa shape index (κ3) is 3.01. The molecule has 0 unspecified atom stereocenters. The number of hydrogen-bond donors (Lipinski definition) is 2. The van der Waals surface area contributed by atoms with Gasteiger partial charge in [-0.15, -0.1) is 0 Å². The predicted octanol–water partition coefficient (Wildman–Crippen LogP) is 3.86. The van der Waals surface area contributed by atoms with Gasteiger partial charge in [-0.3, -0.25) is 9.36 Å². The normalized spacial score (nSPS) is 11.5. The Bertz CT molecular complexity index is 1030. The number of aromatic carboxylic acids is 1. The van der Waals surface area contributed by atoms with Crippen molar-refractivity contribution in [3.63, 3.8) is 0 Å². The van der Waals surface area contributed by atoms with Gasteiger partial charge >= 0.3 is 12.1 Å². The number of hydrogen-bond acceptors (Lipinski definition) is 2. The lowest BCUT2D eigenvalue weighted by Gasteiger charge is -2.16. The van der Waals surface area contributed by atoms with Gasteiger partial charge in [-0.1, -0.05) is 6.07 Å². The van der Waals surface area contributed by atoms with Gasteiger partial charge in [0, 0.05) is 34.9 Å².